The summed E-state index contributed by atoms with van der Waals surface area (Å²) < 4.78 is 23.1. The molecule has 0 saturated carbocycles. The molecule has 31 heavy (non-hydrogen) atoms. The van der Waals surface area contributed by atoms with Crippen LogP contribution in [0, 0.1) is 23.7 Å². The lowest BCUT2D eigenvalue weighted by molar-refractivity contribution is 0.287. The van der Waals surface area contributed by atoms with Gasteiger partial charge in [0.25, 0.3) is 0 Å². The summed E-state index contributed by atoms with van der Waals surface area (Å²) in [5, 5.41) is 10.9. The molecule has 0 aromatic heterocycles. The highest BCUT2D eigenvalue weighted by Crippen LogP contribution is 2.17. The van der Waals surface area contributed by atoms with Crippen LogP contribution in [0.2, 0.25) is 0 Å². The molecular formula is C23H27N5O2S. The molecule has 1 fully saturated rings. The largest absolute Gasteiger partial charge is 0.297 e. The van der Waals surface area contributed by atoms with E-state index in [2.05, 4.69) is 27.8 Å². The number of hydrazine groups is 1. The molecule has 1 saturated heterocycles. The van der Waals surface area contributed by atoms with Gasteiger partial charge in [-0.2, -0.15) is 5.26 Å². The van der Waals surface area contributed by atoms with E-state index < -0.39 is 9.84 Å². The van der Waals surface area contributed by atoms with Crippen LogP contribution in [0.5, 0.6) is 0 Å². The minimum atomic E-state index is -2.89. The van der Waals surface area contributed by atoms with Gasteiger partial charge in [-0.1, -0.05) is 36.8 Å². The zero-order valence-electron chi connectivity index (χ0n) is 17.9. The first kappa shape index (κ1) is 23.9. The van der Waals surface area contributed by atoms with Crippen molar-refractivity contribution in [3.63, 3.8) is 0 Å². The van der Waals surface area contributed by atoms with Crippen LogP contribution in [0.25, 0.3) is 0 Å². The van der Waals surface area contributed by atoms with Gasteiger partial charge >= 0.3 is 0 Å². The summed E-state index contributed by atoms with van der Waals surface area (Å²) in [7, 11) is -1.15. The lowest BCUT2D eigenvalue weighted by Gasteiger charge is -2.26. The Kier molecular flexibility index (Phi) is 8.63. The Morgan fingerprint density at radius 2 is 2.00 bits per heavy atom. The second kappa shape index (κ2) is 11.2. The molecule has 1 aliphatic rings. The molecule has 8 heteroatoms. The minimum absolute atomic E-state index is 0.174. The first-order valence-corrected chi connectivity index (χ1v) is 11.6. The molecule has 1 aromatic carbocycles. The average Bonchev–Trinajstić information content (AvgIpc) is 2.76. The molecule has 0 bridgehead atoms. The number of rotatable bonds is 7. The first-order chi connectivity index (χ1) is 14.8. The van der Waals surface area contributed by atoms with Gasteiger partial charge in [0.05, 0.1) is 22.8 Å². The Morgan fingerprint density at radius 1 is 1.35 bits per heavy atom. The third-order valence-corrected chi connectivity index (χ3v) is 6.28. The number of aliphatic imine (C=N–C) groups is 1. The molecule has 0 amide bonds. The van der Waals surface area contributed by atoms with E-state index in [0.717, 1.165) is 5.56 Å². The van der Waals surface area contributed by atoms with Crippen LogP contribution >= 0.6 is 0 Å². The van der Waals surface area contributed by atoms with Crippen molar-refractivity contribution in [2.75, 3.05) is 31.6 Å². The van der Waals surface area contributed by atoms with Gasteiger partial charge < -0.3 is 0 Å². The number of nitrogens with one attached hydrogen (secondary N) is 1. The number of benzene rings is 1. The molecule has 0 radical (unpaired) electrons. The zero-order chi connectivity index (χ0) is 22.9. The van der Waals surface area contributed by atoms with E-state index in [1.54, 1.807) is 18.1 Å². The molecule has 0 aliphatic carbocycles. The summed E-state index contributed by atoms with van der Waals surface area (Å²) in [6.07, 6.45) is 11.0. The highest BCUT2D eigenvalue weighted by molar-refractivity contribution is 7.91. The van der Waals surface area contributed by atoms with Crippen LogP contribution in [-0.2, 0) is 16.4 Å². The topological polar surface area (TPSA) is 88.8 Å². The maximum absolute atomic E-state index is 11.6. The molecule has 1 N–H and O–H groups in total. The average molecular weight is 438 g/mol. The number of hydrogen-bond donors (Lipinski definition) is 1. The molecule has 0 atom stereocenters. The Labute approximate surface area is 185 Å². The Balaban J connectivity index is 2.13. The van der Waals surface area contributed by atoms with Crippen LogP contribution in [0.15, 0.2) is 65.3 Å². The van der Waals surface area contributed by atoms with Gasteiger partial charge in [-0.05, 0) is 30.7 Å². The molecule has 0 unspecified atom stereocenters. The van der Waals surface area contributed by atoms with Crippen molar-refractivity contribution >= 4 is 21.4 Å². The quantitative estimate of drug-likeness (QED) is 0.176. The van der Waals surface area contributed by atoms with Crippen LogP contribution in [0.4, 0.5) is 5.69 Å². The lowest BCUT2D eigenvalue weighted by atomic mass is 10.2. The molecule has 0 spiro atoms. The van der Waals surface area contributed by atoms with E-state index in [0.29, 0.717) is 36.9 Å². The van der Waals surface area contributed by atoms with Crippen LogP contribution < -0.4 is 5.43 Å². The molecule has 162 valence electrons. The predicted molar refractivity (Wildman–Crippen MR) is 125 cm³/mol. The maximum Gasteiger partial charge on any atom is 0.162 e. The van der Waals surface area contributed by atoms with Crippen molar-refractivity contribution in [2.24, 2.45) is 4.99 Å². The van der Waals surface area contributed by atoms with Crippen molar-refractivity contribution in [3.8, 4) is 18.4 Å². The Bertz CT molecular complexity index is 1060. The minimum Gasteiger partial charge on any atom is -0.297 e. The second-order valence-corrected chi connectivity index (χ2v) is 9.34. The molecule has 1 aliphatic heterocycles. The molecular weight excluding hydrogens is 410 g/mol. The molecule has 7 nitrogen and oxygen atoms in total. The zero-order valence-corrected chi connectivity index (χ0v) is 18.7. The van der Waals surface area contributed by atoms with Crippen molar-refractivity contribution in [1.29, 1.82) is 5.26 Å². The van der Waals surface area contributed by atoms with E-state index in [1.807, 2.05) is 49.4 Å². The van der Waals surface area contributed by atoms with Gasteiger partial charge in [-0.25, -0.2) is 13.4 Å². The van der Waals surface area contributed by atoms with Crippen LogP contribution in [-0.4, -0.2) is 55.8 Å². The van der Waals surface area contributed by atoms with Gasteiger partial charge in [0.2, 0.25) is 0 Å². The van der Waals surface area contributed by atoms with Gasteiger partial charge in [0.1, 0.15) is 11.8 Å². The summed E-state index contributed by atoms with van der Waals surface area (Å²) in [6.45, 7) is 7.41. The number of terminal acetylenes is 1. The smallest absolute Gasteiger partial charge is 0.162 e. The summed E-state index contributed by atoms with van der Waals surface area (Å²) >= 11 is 0. The number of nitrogens with zero attached hydrogens (tertiary/aromatic N) is 4. The first-order valence-electron chi connectivity index (χ1n) is 9.77. The summed E-state index contributed by atoms with van der Waals surface area (Å²) in [6, 6.07) is 9.59. The standard InChI is InChI=1S/C23H27N5O2S/c1-5-7-8-22(6-2)27(4)26-23(19(3)17-24)25-21-11-9-20(10-12-21)18-28-13-15-31(29,30)16-14-28/h2,5,7-12H,3,13-16,18H2,1,4H3,(H,25,26). The highest BCUT2D eigenvalue weighted by Gasteiger charge is 2.21. The van der Waals surface area contributed by atoms with Gasteiger partial charge in [-0.15, -0.1) is 6.42 Å². The normalized spacial score (nSPS) is 17.0. The number of nitriles is 1. The van der Waals surface area contributed by atoms with E-state index in [-0.39, 0.29) is 17.1 Å². The highest BCUT2D eigenvalue weighted by atomic mass is 32.2. The van der Waals surface area contributed by atoms with Gasteiger partial charge in [0, 0.05) is 26.7 Å². The van der Waals surface area contributed by atoms with E-state index in [4.69, 9.17) is 6.42 Å². The van der Waals surface area contributed by atoms with E-state index >= 15 is 0 Å². The van der Waals surface area contributed by atoms with Crippen LogP contribution in [0.1, 0.15) is 12.5 Å². The fourth-order valence-corrected chi connectivity index (χ4v) is 4.12. The fourth-order valence-electron chi connectivity index (χ4n) is 2.85. The maximum atomic E-state index is 11.6. The molecule has 1 heterocycles. The van der Waals surface area contributed by atoms with E-state index in [9.17, 15) is 13.7 Å². The van der Waals surface area contributed by atoms with Crippen molar-refractivity contribution < 1.29 is 8.42 Å². The number of hydrogen-bond acceptors (Lipinski definition) is 6. The summed E-state index contributed by atoms with van der Waals surface area (Å²) in [5.41, 5.74) is 5.47. The van der Waals surface area contributed by atoms with Gasteiger partial charge in [-0.3, -0.25) is 15.3 Å². The predicted octanol–water partition coefficient (Wildman–Crippen LogP) is 2.56. The third kappa shape index (κ3) is 7.45. The molecule has 1 aromatic rings. The van der Waals surface area contributed by atoms with Gasteiger partial charge in [0.15, 0.2) is 15.7 Å². The number of amidine groups is 1. The number of allylic oxidation sites excluding steroid dienone is 4. The lowest BCUT2D eigenvalue weighted by Crippen LogP contribution is -2.39. The van der Waals surface area contributed by atoms with E-state index in [1.165, 1.54) is 0 Å². The SMILES string of the molecule is C#CC(=CC=CC)N(C)NC(=Nc1ccc(CN2CCS(=O)(=O)CC2)cc1)C(=C)C#N. The summed E-state index contributed by atoms with van der Waals surface area (Å²) in [4.78, 5) is 6.63. The van der Waals surface area contributed by atoms with Crippen molar-refractivity contribution in [3.05, 3.63) is 65.9 Å². The monoisotopic (exact) mass is 437 g/mol. The second-order valence-electron chi connectivity index (χ2n) is 7.04. The fraction of sp³-hybridized carbons (Fsp3) is 0.304. The molecule has 2 rings (SSSR count). The van der Waals surface area contributed by atoms with Crippen molar-refractivity contribution in [1.82, 2.24) is 15.3 Å². The van der Waals surface area contributed by atoms with Crippen molar-refractivity contribution in [2.45, 2.75) is 13.5 Å². The third-order valence-electron chi connectivity index (χ3n) is 4.67. The Hall–Kier alpha value is -3.33. The Morgan fingerprint density at radius 3 is 2.55 bits per heavy atom. The summed E-state index contributed by atoms with van der Waals surface area (Å²) in [5.74, 6) is 3.28. The van der Waals surface area contributed by atoms with Crippen LogP contribution in [0.3, 0.4) is 0 Å². The number of sulfone groups is 1.